The summed E-state index contributed by atoms with van der Waals surface area (Å²) in [6.07, 6.45) is 0. The Labute approximate surface area is 200 Å². The lowest BCUT2D eigenvalue weighted by atomic mass is 10.1. The van der Waals surface area contributed by atoms with Crippen molar-refractivity contribution in [2.75, 3.05) is 17.6 Å². The summed E-state index contributed by atoms with van der Waals surface area (Å²) >= 11 is 0. The summed E-state index contributed by atoms with van der Waals surface area (Å²) in [7, 11) is -3.63. The second kappa shape index (κ2) is 9.73. The average molecular weight is 476 g/mol. The molecule has 3 aromatic carbocycles. The Morgan fingerprint density at radius 3 is 2.32 bits per heavy atom. The maximum Gasteiger partial charge on any atom is 0.319 e. The molecule has 0 unspecified atom stereocenters. The van der Waals surface area contributed by atoms with E-state index in [2.05, 4.69) is 10.6 Å². The molecule has 0 spiro atoms. The van der Waals surface area contributed by atoms with Gasteiger partial charge in [-0.25, -0.2) is 13.2 Å². The number of rotatable bonds is 7. The van der Waals surface area contributed by atoms with E-state index in [1.54, 1.807) is 0 Å². The van der Waals surface area contributed by atoms with Crippen LogP contribution in [0.3, 0.4) is 0 Å². The van der Waals surface area contributed by atoms with Crippen LogP contribution in [0.2, 0.25) is 0 Å². The van der Waals surface area contributed by atoms with Crippen LogP contribution in [0.15, 0.2) is 77.7 Å². The third-order valence-electron chi connectivity index (χ3n) is 6.09. The van der Waals surface area contributed by atoms with Gasteiger partial charge in [-0.1, -0.05) is 54.6 Å². The lowest BCUT2D eigenvalue weighted by Gasteiger charge is -2.11. The molecule has 176 valence electrons. The summed E-state index contributed by atoms with van der Waals surface area (Å²) in [5.74, 6) is -0.187. The molecule has 4 aromatic rings. The minimum absolute atomic E-state index is 0.0106. The van der Waals surface area contributed by atoms with Crippen molar-refractivity contribution < 1.29 is 13.2 Å². The van der Waals surface area contributed by atoms with Gasteiger partial charge in [-0.2, -0.15) is 0 Å². The van der Waals surface area contributed by atoms with Crippen LogP contribution < -0.4 is 10.6 Å². The molecular weight excluding hydrogens is 446 g/mol. The third-order valence-corrected chi connectivity index (χ3v) is 7.97. The molecule has 0 radical (unpaired) electrons. The number of carbonyl (C=O) groups excluding carboxylic acids is 1. The van der Waals surface area contributed by atoms with Crippen molar-refractivity contribution in [2.24, 2.45) is 0 Å². The zero-order valence-corrected chi connectivity index (χ0v) is 20.4. The number of carbonyl (C=O) groups is 1. The number of aryl methyl sites for hydroxylation is 2. The summed E-state index contributed by atoms with van der Waals surface area (Å²) in [4.78, 5) is 12.6. The van der Waals surface area contributed by atoms with Gasteiger partial charge in [-0.3, -0.25) is 0 Å². The average Bonchev–Trinajstić information content (AvgIpc) is 3.09. The largest absolute Gasteiger partial charge is 0.339 e. The molecule has 0 fully saturated rings. The number of amides is 2. The minimum Gasteiger partial charge on any atom is -0.339 e. The number of fused-ring (bicyclic) bond motifs is 1. The predicted molar refractivity (Wildman–Crippen MR) is 137 cm³/mol. The Bertz CT molecular complexity index is 1440. The molecule has 1 aromatic heterocycles. The fourth-order valence-corrected chi connectivity index (χ4v) is 5.80. The summed E-state index contributed by atoms with van der Waals surface area (Å²) < 4.78 is 28.8. The number of nitrogens with zero attached hydrogens (tertiary/aromatic N) is 1. The lowest BCUT2D eigenvalue weighted by molar-refractivity contribution is 0.252. The van der Waals surface area contributed by atoms with Gasteiger partial charge in [0.1, 0.15) is 0 Å². The molecule has 0 saturated heterocycles. The topological polar surface area (TPSA) is 80.2 Å². The second-order valence-electron chi connectivity index (χ2n) is 8.50. The molecule has 6 nitrogen and oxygen atoms in total. The third kappa shape index (κ3) is 4.99. The molecule has 2 N–H and O–H groups in total. The first-order chi connectivity index (χ1) is 16.3. The summed E-state index contributed by atoms with van der Waals surface area (Å²) in [6, 6.07) is 22.7. The van der Waals surface area contributed by atoms with Crippen molar-refractivity contribution in [3.63, 3.8) is 0 Å². The van der Waals surface area contributed by atoms with Gasteiger partial charge in [0.15, 0.2) is 9.84 Å². The zero-order chi connectivity index (χ0) is 24.3. The number of hydrogen-bond acceptors (Lipinski definition) is 3. The van der Waals surface area contributed by atoms with E-state index in [4.69, 9.17) is 0 Å². The van der Waals surface area contributed by atoms with E-state index in [0.29, 0.717) is 28.2 Å². The maximum atomic E-state index is 13.4. The van der Waals surface area contributed by atoms with E-state index >= 15 is 0 Å². The number of para-hydroxylation sites is 1. The Morgan fingerprint density at radius 2 is 1.59 bits per heavy atom. The summed E-state index contributed by atoms with van der Waals surface area (Å²) in [5.41, 5.74) is 5.55. The van der Waals surface area contributed by atoms with Gasteiger partial charge in [-0.05, 0) is 55.7 Å². The van der Waals surface area contributed by atoms with E-state index in [1.165, 1.54) is 0 Å². The van der Waals surface area contributed by atoms with Gasteiger partial charge in [0.25, 0.3) is 0 Å². The smallest absolute Gasteiger partial charge is 0.319 e. The number of sulfone groups is 1. The van der Waals surface area contributed by atoms with Crippen molar-refractivity contribution in [3.05, 3.63) is 95.2 Å². The molecule has 7 heteroatoms. The fourth-order valence-electron chi connectivity index (χ4n) is 4.16. The monoisotopic (exact) mass is 475 g/mol. The highest BCUT2D eigenvalue weighted by molar-refractivity contribution is 7.91. The maximum absolute atomic E-state index is 13.4. The molecule has 0 bridgehead atoms. The number of aromatic nitrogens is 1. The van der Waals surface area contributed by atoms with Crippen LogP contribution in [0.1, 0.15) is 22.4 Å². The van der Waals surface area contributed by atoms with Crippen molar-refractivity contribution in [2.45, 2.75) is 32.2 Å². The molecule has 4 rings (SSSR count). The molecule has 0 aliphatic heterocycles. The zero-order valence-electron chi connectivity index (χ0n) is 19.6. The van der Waals surface area contributed by atoms with Gasteiger partial charge >= 0.3 is 6.03 Å². The van der Waals surface area contributed by atoms with Crippen molar-refractivity contribution in [3.8, 4) is 0 Å². The van der Waals surface area contributed by atoms with Crippen LogP contribution in [0.5, 0.6) is 0 Å². The molecule has 0 aliphatic rings. The van der Waals surface area contributed by atoms with E-state index in [1.807, 2.05) is 98.1 Å². The van der Waals surface area contributed by atoms with Gasteiger partial charge in [0, 0.05) is 35.4 Å². The fraction of sp³-hybridized carbons (Fsp3) is 0.222. The van der Waals surface area contributed by atoms with E-state index in [-0.39, 0.29) is 12.3 Å². The van der Waals surface area contributed by atoms with Crippen molar-refractivity contribution in [1.82, 2.24) is 9.88 Å². The van der Waals surface area contributed by atoms with E-state index in [9.17, 15) is 13.2 Å². The molecule has 2 amide bonds. The first-order valence-corrected chi connectivity index (χ1v) is 12.9. The van der Waals surface area contributed by atoms with Crippen LogP contribution in [-0.4, -0.2) is 31.3 Å². The predicted octanol–water partition coefficient (Wildman–Crippen LogP) is 5.21. The molecule has 1 heterocycles. The summed E-state index contributed by atoms with van der Waals surface area (Å²) in [5, 5.41) is 6.13. The second-order valence-corrected chi connectivity index (χ2v) is 10.5. The van der Waals surface area contributed by atoms with Crippen LogP contribution in [0, 0.1) is 20.8 Å². The normalized spacial score (nSPS) is 11.5. The van der Waals surface area contributed by atoms with Crippen LogP contribution >= 0.6 is 0 Å². The molecule has 34 heavy (non-hydrogen) atoms. The molecule has 0 saturated carbocycles. The van der Waals surface area contributed by atoms with Crippen molar-refractivity contribution >= 4 is 32.5 Å². The number of urea groups is 1. The summed E-state index contributed by atoms with van der Waals surface area (Å²) in [6.45, 7) is 6.41. The minimum atomic E-state index is -3.63. The number of anilines is 1. The number of nitrogens with one attached hydrogen (secondary N) is 2. The molecule has 0 aliphatic carbocycles. The van der Waals surface area contributed by atoms with Gasteiger partial charge in [-0.15, -0.1) is 0 Å². The Morgan fingerprint density at radius 1 is 0.882 bits per heavy atom. The van der Waals surface area contributed by atoms with E-state index in [0.717, 1.165) is 22.2 Å². The van der Waals surface area contributed by atoms with Gasteiger partial charge in [0.2, 0.25) is 0 Å². The SMILES string of the molecule is Cc1ccc(NC(=O)NCCS(=O)(=O)c2c(C)n(Cc3ccccc3)c3ccccc23)cc1C. The first kappa shape index (κ1) is 23.6. The lowest BCUT2D eigenvalue weighted by Crippen LogP contribution is -2.33. The molecular formula is C27H29N3O3S. The Hall–Kier alpha value is -3.58. The quantitative estimate of drug-likeness (QED) is 0.385. The number of hydrogen-bond donors (Lipinski definition) is 2. The highest BCUT2D eigenvalue weighted by Gasteiger charge is 2.25. The van der Waals surface area contributed by atoms with Crippen molar-refractivity contribution in [1.29, 1.82) is 0 Å². The number of benzene rings is 3. The van der Waals surface area contributed by atoms with Crippen LogP contribution in [0.25, 0.3) is 10.9 Å². The van der Waals surface area contributed by atoms with E-state index < -0.39 is 15.9 Å². The highest BCUT2D eigenvalue weighted by Crippen LogP contribution is 2.31. The highest BCUT2D eigenvalue weighted by atomic mass is 32.2. The Balaban J connectivity index is 1.51. The van der Waals surface area contributed by atoms with Crippen LogP contribution in [-0.2, 0) is 16.4 Å². The first-order valence-electron chi connectivity index (χ1n) is 11.2. The molecule has 0 atom stereocenters. The van der Waals surface area contributed by atoms with Crippen LogP contribution in [0.4, 0.5) is 10.5 Å². The standard InChI is InChI=1S/C27H29N3O3S/c1-19-13-14-23(17-20(19)2)29-27(31)28-15-16-34(32,33)26-21(3)30(18-22-9-5-4-6-10-22)25-12-8-7-11-24(25)26/h4-14,17H,15-16,18H2,1-3H3,(H2,28,29,31). The van der Waals surface area contributed by atoms with Gasteiger partial charge < -0.3 is 15.2 Å². The Kier molecular flexibility index (Phi) is 6.75. The van der Waals surface area contributed by atoms with Gasteiger partial charge in [0.05, 0.1) is 10.6 Å².